The summed E-state index contributed by atoms with van der Waals surface area (Å²) in [6.45, 7) is 2.76. The Labute approximate surface area is 212 Å². The summed E-state index contributed by atoms with van der Waals surface area (Å²) in [6.07, 6.45) is -0.642. The average Bonchev–Trinajstić information content (AvgIpc) is 3.53. The van der Waals surface area contributed by atoms with E-state index in [0.29, 0.717) is 41.2 Å². The number of aromatic amines is 1. The van der Waals surface area contributed by atoms with Crippen LogP contribution >= 0.6 is 0 Å². The normalized spacial score (nSPS) is 14.2. The molecule has 0 saturated carbocycles. The molecule has 0 radical (unpaired) electrons. The first-order chi connectivity index (χ1) is 18.3. The van der Waals surface area contributed by atoms with Gasteiger partial charge in [-0.3, -0.25) is 0 Å². The number of nitrogens with one attached hydrogen (secondary N) is 1. The van der Waals surface area contributed by atoms with Crippen molar-refractivity contribution >= 4 is 44.0 Å². The van der Waals surface area contributed by atoms with Gasteiger partial charge in [-0.15, -0.1) is 0 Å². The second kappa shape index (κ2) is 7.80. The summed E-state index contributed by atoms with van der Waals surface area (Å²) in [7, 11) is 1.44. The van der Waals surface area contributed by atoms with Gasteiger partial charge in [-0.1, -0.05) is 18.2 Å². The van der Waals surface area contributed by atoms with Crippen LogP contribution in [0.1, 0.15) is 22.4 Å². The molecule has 0 amide bonds. The van der Waals surface area contributed by atoms with Crippen molar-refractivity contribution in [3.05, 3.63) is 71.1 Å². The minimum atomic E-state index is -4.51. The predicted molar refractivity (Wildman–Crippen MR) is 135 cm³/mol. The number of aromatic nitrogens is 5. The molecular weight excluding hydrogens is 500 g/mol. The van der Waals surface area contributed by atoms with E-state index in [1.165, 1.54) is 7.11 Å². The van der Waals surface area contributed by atoms with Gasteiger partial charge in [0.05, 0.1) is 34.9 Å². The Morgan fingerprint density at radius 3 is 2.55 bits per heavy atom. The van der Waals surface area contributed by atoms with E-state index in [2.05, 4.69) is 15.0 Å². The van der Waals surface area contributed by atoms with E-state index in [1.807, 2.05) is 40.6 Å². The molecule has 1 N–H and O–H groups in total. The fraction of sp³-hybridized carbons (Fsp3) is 0.222. The number of H-pyrrole nitrogens is 1. The Morgan fingerprint density at radius 2 is 1.82 bits per heavy atom. The highest BCUT2D eigenvalue weighted by Crippen LogP contribution is 2.44. The zero-order valence-corrected chi connectivity index (χ0v) is 20.3. The number of methoxy groups -OCH3 is 1. The number of hydrogen-bond donors (Lipinski definition) is 1. The summed E-state index contributed by atoms with van der Waals surface area (Å²) in [5, 5.41) is 7.60. The average molecular weight is 520 g/mol. The summed E-state index contributed by atoms with van der Waals surface area (Å²) in [6, 6.07) is 7.62. The summed E-state index contributed by atoms with van der Waals surface area (Å²) < 4.78 is 62.7. The van der Waals surface area contributed by atoms with Gasteiger partial charge in [-0.25, -0.2) is 18.9 Å². The van der Waals surface area contributed by atoms with Gasteiger partial charge < -0.3 is 14.6 Å². The van der Waals surface area contributed by atoms with Crippen LogP contribution < -0.4 is 9.64 Å². The molecule has 1 aliphatic rings. The second-order valence-corrected chi connectivity index (χ2v) is 9.46. The first kappa shape index (κ1) is 22.8. The van der Waals surface area contributed by atoms with E-state index in [4.69, 9.17) is 9.84 Å². The zero-order valence-electron chi connectivity index (χ0n) is 20.3. The molecule has 11 heteroatoms. The van der Waals surface area contributed by atoms with Gasteiger partial charge in [0.15, 0.2) is 11.6 Å². The fourth-order valence-corrected chi connectivity index (χ4v) is 5.66. The van der Waals surface area contributed by atoms with Crippen molar-refractivity contribution in [2.75, 3.05) is 18.6 Å². The maximum atomic E-state index is 16.2. The minimum absolute atomic E-state index is 0.137. The Hall–Kier alpha value is -4.41. The van der Waals surface area contributed by atoms with Crippen LogP contribution in [-0.2, 0) is 19.1 Å². The Balaban J connectivity index is 1.54. The highest BCUT2D eigenvalue weighted by atomic mass is 19.4. The number of nitrogens with zero attached hydrogens (tertiary/aromatic N) is 5. The lowest BCUT2D eigenvalue weighted by Gasteiger charge is -2.26. The molecule has 0 fully saturated rings. The van der Waals surface area contributed by atoms with Crippen molar-refractivity contribution in [3.63, 3.8) is 0 Å². The molecule has 4 aromatic heterocycles. The van der Waals surface area contributed by atoms with E-state index in [0.717, 1.165) is 45.6 Å². The quantitative estimate of drug-likeness (QED) is 0.226. The largest absolute Gasteiger partial charge is 0.492 e. The van der Waals surface area contributed by atoms with Gasteiger partial charge in [-0.05, 0) is 18.6 Å². The molecule has 0 spiro atoms. The zero-order chi connectivity index (χ0) is 26.3. The Bertz CT molecular complexity index is 1910. The third-order valence-electron chi connectivity index (χ3n) is 7.35. The number of alkyl halides is 3. The molecule has 7 rings (SSSR count). The van der Waals surface area contributed by atoms with Gasteiger partial charge in [-0.2, -0.15) is 18.3 Å². The van der Waals surface area contributed by atoms with Crippen LogP contribution in [0.2, 0.25) is 0 Å². The lowest BCUT2D eigenvalue weighted by Crippen LogP contribution is -2.31. The highest BCUT2D eigenvalue weighted by molar-refractivity contribution is 6.24. The molecule has 2 aromatic carbocycles. The fourth-order valence-electron chi connectivity index (χ4n) is 5.66. The molecule has 0 aliphatic carbocycles. The number of halogens is 4. The van der Waals surface area contributed by atoms with Gasteiger partial charge in [0.1, 0.15) is 0 Å². The SMILES string of the molecule is COc1c(F)c2c3cccc(C)c3n3nc4c(c3c2c2cc[nH]c12)CN(c1ncc(C(F)(F)F)cn1)CC4. The number of para-hydroxylation sites is 1. The van der Waals surface area contributed by atoms with Crippen LogP contribution in [0.3, 0.4) is 0 Å². The number of pyridine rings is 1. The number of anilines is 1. The molecule has 0 bridgehead atoms. The molecule has 0 unspecified atom stereocenters. The molecule has 192 valence electrons. The molecular formula is C27H20F4N6O. The minimum Gasteiger partial charge on any atom is -0.492 e. The van der Waals surface area contributed by atoms with Crippen molar-refractivity contribution in [1.82, 2.24) is 24.6 Å². The number of fused-ring (bicyclic) bond motifs is 10. The summed E-state index contributed by atoms with van der Waals surface area (Å²) >= 11 is 0. The number of benzene rings is 2. The molecule has 5 heterocycles. The van der Waals surface area contributed by atoms with Gasteiger partial charge in [0.2, 0.25) is 5.95 Å². The molecule has 6 aromatic rings. The van der Waals surface area contributed by atoms with Crippen LogP contribution in [0.15, 0.2) is 42.9 Å². The molecule has 7 nitrogen and oxygen atoms in total. The third-order valence-corrected chi connectivity index (χ3v) is 7.35. The lowest BCUT2D eigenvalue weighted by atomic mass is 9.96. The smallest absolute Gasteiger partial charge is 0.419 e. The maximum absolute atomic E-state index is 16.2. The van der Waals surface area contributed by atoms with Crippen LogP contribution in [-0.4, -0.2) is 38.2 Å². The predicted octanol–water partition coefficient (Wildman–Crippen LogP) is 5.95. The van der Waals surface area contributed by atoms with Crippen LogP contribution in [0.5, 0.6) is 5.75 Å². The molecule has 0 saturated heterocycles. The van der Waals surface area contributed by atoms with E-state index in [-0.39, 0.29) is 11.7 Å². The molecule has 38 heavy (non-hydrogen) atoms. The standard InChI is InChI=1S/C27H20F4N6O/c1-13-4-3-5-16-19-20(15-6-8-32-22(15)25(38-2)21(19)28)24-17-12-36(9-7-18(17)35-37(24)23(13)16)26-33-10-14(11-34-26)27(29,30)31/h3-6,8,10-11,32H,7,9,12H2,1-2H3. The maximum Gasteiger partial charge on any atom is 0.419 e. The number of ether oxygens (including phenoxy) is 1. The van der Waals surface area contributed by atoms with Crippen LogP contribution in [0.25, 0.3) is 38.1 Å². The monoisotopic (exact) mass is 520 g/mol. The van der Waals surface area contributed by atoms with Gasteiger partial charge in [0.25, 0.3) is 0 Å². The summed E-state index contributed by atoms with van der Waals surface area (Å²) in [5.74, 6) is -0.133. The topological polar surface area (TPSA) is 71.3 Å². The van der Waals surface area contributed by atoms with Crippen LogP contribution in [0, 0.1) is 12.7 Å². The van der Waals surface area contributed by atoms with Crippen molar-refractivity contribution in [1.29, 1.82) is 0 Å². The van der Waals surface area contributed by atoms with Crippen LogP contribution in [0.4, 0.5) is 23.5 Å². The van der Waals surface area contributed by atoms with Crippen molar-refractivity contribution in [3.8, 4) is 5.75 Å². The lowest BCUT2D eigenvalue weighted by molar-refractivity contribution is -0.138. The van der Waals surface area contributed by atoms with Crippen molar-refractivity contribution in [2.45, 2.75) is 26.1 Å². The Morgan fingerprint density at radius 1 is 1.03 bits per heavy atom. The first-order valence-electron chi connectivity index (χ1n) is 12.0. The third kappa shape index (κ3) is 3.04. The summed E-state index contributed by atoms with van der Waals surface area (Å²) in [4.78, 5) is 12.9. The number of aryl methyl sites for hydroxylation is 1. The van der Waals surface area contributed by atoms with E-state index in [9.17, 15) is 13.2 Å². The van der Waals surface area contributed by atoms with Gasteiger partial charge >= 0.3 is 6.18 Å². The van der Waals surface area contributed by atoms with Crippen molar-refractivity contribution < 1.29 is 22.3 Å². The van der Waals surface area contributed by atoms with E-state index < -0.39 is 17.6 Å². The number of hydrogen-bond acceptors (Lipinski definition) is 5. The number of rotatable bonds is 2. The first-order valence-corrected chi connectivity index (χ1v) is 12.0. The van der Waals surface area contributed by atoms with Crippen molar-refractivity contribution in [2.24, 2.45) is 0 Å². The second-order valence-electron chi connectivity index (χ2n) is 9.46. The summed E-state index contributed by atoms with van der Waals surface area (Å²) in [5.41, 5.74) is 3.83. The van der Waals surface area contributed by atoms with E-state index >= 15 is 4.39 Å². The molecule has 1 aliphatic heterocycles. The van der Waals surface area contributed by atoms with E-state index in [1.54, 1.807) is 6.20 Å². The highest BCUT2D eigenvalue weighted by Gasteiger charge is 2.33. The van der Waals surface area contributed by atoms with Gasteiger partial charge in [0, 0.05) is 65.2 Å². The molecule has 0 atom stereocenters. The Kier molecular flexibility index (Phi) is 4.67.